The molecule has 0 aromatic rings. The minimum atomic E-state index is 0.289. The van der Waals surface area contributed by atoms with E-state index in [0.717, 1.165) is 5.92 Å². The zero-order chi connectivity index (χ0) is 11.5. The average Bonchev–Trinajstić information content (AvgIpc) is 2.21. The minimum absolute atomic E-state index is 0.289. The third-order valence-corrected chi connectivity index (χ3v) is 4.29. The summed E-state index contributed by atoms with van der Waals surface area (Å²) < 4.78 is 0. The van der Waals surface area contributed by atoms with Crippen LogP contribution >= 0.6 is 0 Å². The second-order valence-electron chi connectivity index (χ2n) is 5.78. The van der Waals surface area contributed by atoms with Crippen LogP contribution in [0.15, 0.2) is 4.99 Å². The van der Waals surface area contributed by atoms with Gasteiger partial charge in [0.1, 0.15) is 0 Å². The van der Waals surface area contributed by atoms with Crippen LogP contribution in [0.5, 0.6) is 0 Å². The Labute approximate surface area is 95.4 Å². The molecule has 88 valence electrons. The van der Waals surface area contributed by atoms with Gasteiger partial charge in [-0.1, -0.05) is 40.5 Å². The summed E-state index contributed by atoms with van der Waals surface area (Å²) in [6.45, 7) is 11.4. The molecule has 0 aromatic carbocycles. The van der Waals surface area contributed by atoms with Crippen LogP contribution < -0.4 is 0 Å². The molecule has 0 saturated heterocycles. The number of hydrogen-bond donors (Lipinski definition) is 0. The van der Waals surface area contributed by atoms with E-state index in [1.165, 1.54) is 37.8 Å². The first-order valence-corrected chi connectivity index (χ1v) is 6.52. The summed E-state index contributed by atoms with van der Waals surface area (Å²) in [6, 6.07) is 0.601. The van der Waals surface area contributed by atoms with E-state index in [1.807, 2.05) is 0 Å². The van der Waals surface area contributed by atoms with Crippen LogP contribution in [0.2, 0.25) is 0 Å². The number of hydrogen-bond acceptors (Lipinski definition) is 1. The molecule has 0 bridgehead atoms. The van der Waals surface area contributed by atoms with E-state index in [4.69, 9.17) is 4.99 Å². The molecule has 0 heterocycles. The fourth-order valence-corrected chi connectivity index (χ4v) is 2.17. The Kier molecular flexibility index (Phi) is 4.36. The summed E-state index contributed by atoms with van der Waals surface area (Å²) in [4.78, 5) is 4.98. The highest BCUT2D eigenvalue weighted by Crippen LogP contribution is 2.29. The number of rotatable bonds is 3. The lowest BCUT2D eigenvalue weighted by Gasteiger charge is -2.29. The first-order valence-electron chi connectivity index (χ1n) is 6.52. The van der Waals surface area contributed by atoms with Crippen molar-refractivity contribution in [3.8, 4) is 0 Å². The lowest BCUT2D eigenvalue weighted by molar-refractivity contribution is 0.329. The molecule has 0 amide bonds. The lowest BCUT2D eigenvalue weighted by atomic mass is 9.83. The van der Waals surface area contributed by atoms with Crippen molar-refractivity contribution in [1.29, 1.82) is 0 Å². The van der Waals surface area contributed by atoms with Crippen molar-refractivity contribution in [2.45, 2.75) is 72.8 Å². The molecule has 0 spiro atoms. The maximum atomic E-state index is 4.98. The van der Waals surface area contributed by atoms with Gasteiger partial charge in [0.15, 0.2) is 0 Å². The van der Waals surface area contributed by atoms with Crippen LogP contribution in [0, 0.1) is 11.3 Å². The summed E-state index contributed by atoms with van der Waals surface area (Å²) in [5, 5.41) is 0. The van der Waals surface area contributed by atoms with Crippen molar-refractivity contribution in [3.05, 3.63) is 0 Å². The van der Waals surface area contributed by atoms with Gasteiger partial charge in [-0.3, -0.25) is 4.99 Å². The molecule has 2 unspecified atom stereocenters. The van der Waals surface area contributed by atoms with E-state index in [2.05, 4.69) is 34.6 Å². The van der Waals surface area contributed by atoms with Gasteiger partial charge in [0.05, 0.1) is 6.04 Å². The summed E-state index contributed by atoms with van der Waals surface area (Å²) in [5.74, 6) is 0.793. The molecular formula is C14H27N. The topological polar surface area (TPSA) is 12.4 Å². The average molecular weight is 209 g/mol. The molecule has 1 aliphatic carbocycles. The molecule has 1 saturated carbocycles. The van der Waals surface area contributed by atoms with Gasteiger partial charge >= 0.3 is 0 Å². The SMILES string of the molecule is CCC(C)(C)C(C)=NC1CCCCC1C. The van der Waals surface area contributed by atoms with Gasteiger partial charge in [0.2, 0.25) is 0 Å². The van der Waals surface area contributed by atoms with Crippen molar-refractivity contribution in [2.75, 3.05) is 0 Å². The Morgan fingerprint density at radius 1 is 1.27 bits per heavy atom. The van der Waals surface area contributed by atoms with Gasteiger partial charge in [-0.25, -0.2) is 0 Å². The van der Waals surface area contributed by atoms with Crippen LogP contribution in [-0.4, -0.2) is 11.8 Å². The monoisotopic (exact) mass is 209 g/mol. The Morgan fingerprint density at radius 2 is 1.87 bits per heavy atom. The first kappa shape index (κ1) is 12.7. The van der Waals surface area contributed by atoms with Crippen LogP contribution in [0.1, 0.15) is 66.7 Å². The van der Waals surface area contributed by atoms with Crippen molar-refractivity contribution in [1.82, 2.24) is 0 Å². The van der Waals surface area contributed by atoms with Gasteiger partial charge in [-0.15, -0.1) is 0 Å². The Hall–Kier alpha value is -0.330. The van der Waals surface area contributed by atoms with E-state index in [1.54, 1.807) is 0 Å². The van der Waals surface area contributed by atoms with E-state index in [-0.39, 0.29) is 5.41 Å². The van der Waals surface area contributed by atoms with Gasteiger partial charge < -0.3 is 0 Å². The second-order valence-corrected chi connectivity index (χ2v) is 5.78. The number of aliphatic imine (C=N–C) groups is 1. The molecule has 1 nitrogen and oxygen atoms in total. The highest BCUT2D eigenvalue weighted by molar-refractivity contribution is 5.87. The lowest BCUT2D eigenvalue weighted by Crippen LogP contribution is -2.27. The molecule has 1 rings (SSSR count). The number of nitrogens with zero attached hydrogens (tertiary/aromatic N) is 1. The quantitative estimate of drug-likeness (QED) is 0.608. The first-order chi connectivity index (χ1) is 6.97. The molecule has 0 aliphatic heterocycles. The smallest absolute Gasteiger partial charge is 0.0524 e. The highest BCUT2D eigenvalue weighted by Gasteiger charge is 2.24. The molecule has 1 heteroatoms. The van der Waals surface area contributed by atoms with Crippen molar-refractivity contribution in [3.63, 3.8) is 0 Å². The summed E-state index contributed by atoms with van der Waals surface area (Å²) >= 11 is 0. The third kappa shape index (κ3) is 3.32. The van der Waals surface area contributed by atoms with E-state index >= 15 is 0 Å². The molecule has 2 atom stereocenters. The summed E-state index contributed by atoms with van der Waals surface area (Å²) in [7, 11) is 0. The summed E-state index contributed by atoms with van der Waals surface area (Å²) in [6.07, 6.45) is 6.64. The summed E-state index contributed by atoms with van der Waals surface area (Å²) in [5.41, 5.74) is 1.64. The highest BCUT2D eigenvalue weighted by atomic mass is 14.8. The van der Waals surface area contributed by atoms with Crippen LogP contribution in [0.25, 0.3) is 0 Å². The van der Waals surface area contributed by atoms with E-state index < -0.39 is 0 Å². The minimum Gasteiger partial charge on any atom is -0.290 e. The fraction of sp³-hybridized carbons (Fsp3) is 0.929. The van der Waals surface area contributed by atoms with Crippen LogP contribution in [0.4, 0.5) is 0 Å². The van der Waals surface area contributed by atoms with Gasteiger partial charge in [0.25, 0.3) is 0 Å². The van der Waals surface area contributed by atoms with Crippen molar-refractivity contribution in [2.24, 2.45) is 16.3 Å². The maximum absolute atomic E-state index is 4.98. The standard InChI is InChI=1S/C14H27N/c1-6-14(4,5)12(3)15-13-10-8-7-9-11(13)2/h11,13H,6-10H2,1-5H3. The Balaban J connectivity index is 2.68. The Bertz CT molecular complexity index is 227. The molecule has 0 aromatic heterocycles. The van der Waals surface area contributed by atoms with Gasteiger partial charge in [0, 0.05) is 11.1 Å². The van der Waals surface area contributed by atoms with E-state index in [0.29, 0.717) is 6.04 Å². The molecule has 0 radical (unpaired) electrons. The van der Waals surface area contributed by atoms with Crippen molar-refractivity contribution < 1.29 is 0 Å². The molecule has 1 fully saturated rings. The zero-order valence-electron chi connectivity index (χ0n) is 11.1. The third-order valence-electron chi connectivity index (χ3n) is 4.29. The fourth-order valence-electron chi connectivity index (χ4n) is 2.17. The largest absolute Gasteiger partial charge is 0.290 e. The van der Waals surface area contributed by atoms with Crippen LogP contribution in [0.3, 0.4) is 0 Å². The normalized spacial score (nSPS) is 29.3. The Morgan fingerprint density at radius 3 is 2.40 bits per heavy atom. The van der Waals surface area contributed by atoms with Gasteiger partial charge in [-0.05, 0) is 32.1 Å². The molecule has 0 N–H and O–H groups in total. The zero-order valence-corrected chi connectivity index (χ0v) is 11.1. The van der Waals surface area contributed by atoms with Gasteiger partial charge in [-0.2, -0.15) is 0 Å². The van der Waals surface area contributed by atoms with E-state index in [9.17, 15) is 0 Å². The van der Waals surface area contributed by atoms with Crippen LogP contribution in [-0.2, 0) is 0 Å². The molecule has 15 heavy (non-hydrogen) atoms. The molecule has 1 aliphatic rings. The van der Waals surface area contributed by atoms with Crippen molar-refractivity contribution >= 4 is 5.71 Å². The maximum Gasteiger partial charge on any atom is 0.0524 e. The predicted octanol–water partition coefficient (Wildman–Crippen LogP) is 4.46. The predicted molar refractivity (Wildman–Crippen MR) is 68.6 cm³/mol. The molecular weight excluding hydrogens is 182 g/mol. The second kappa shape index (κ2) is 5.14.